The lowest BCUT2D eigenvalue weighted by Crippen LogP contribution is -2.37. The van der Waals surface area contributed by atoms with Crippen LogP contribution < -0.4 is 0 Å². The van der Waals surface area contributed by atoms with Crippen molar-refractivity contribution in [2.75, 3.05) is 26.1 Å². The Bertz CT molecular complexity index is 163. The number of hydrogen-bond donors (Lipinski definition) is 0. The van der Waals surface area contributed by atoms with Gasteiger partial charge in [-0.15, -0.1) is 11.6 Å². The number of ether oxygens (including phenoxy) is 1. The number of halogens is 1. The molecule has 0 aromatic rings. The summed E-state index contributed by atoms with van der Waals surface area (Å²) in [5.41, 5.74) is 0. The lowest BCUT2D eigenvalue weighted by Gasteiger charge is -2.20. The van der Waals surface area contributed by atoms with Crippen LogP contribution >= 0.6 is 11.6 Å². The minimum absolute atomic E-state index is 0.0475. The molecule has 3 nitrogen and oxygen atoms in total. The lowest BCUT2D eigenvalue weighted by atomic mass is 10.2. The minimum Gasteiger partial charge on any atom is -0.468 e. The summed E-state index contributed by atoms with van der Waals surface area (Å²) < 4.78 is 4.69. The molecule has 1 saturated heterocycles. The lowest BCUT2D eigenvalue weighted by molar-refractivity contribution is -0.145. The van der Waals surface area contributed by atoms with Gasteiger partial charge < -0.3 is 4.74 Å². The van der Waals surface area contributed by atoms with Crippen molar-refractivity contribution in [2.24, 2.45) is 0 Å². The van der Waals surface area contributed by atoms with Gasteiger partial charge in [-0.3, -0.25) is 9.69 Å². The maximum Gasteiger partial charge on any atom is 0.323 e. The second kappa shape index (κ2) is 4.67. The van der Waals surface area contributed by atoms with Gasteiger partial charge >= 0.3 is 5.97 Å². The zero-order chi connectivity index (χ0) is 8.97. The molecule has 0 unspecified atom stereocenters. The summed E-state index contributed by atoms with van der Waals surface area (Å²) in [6, 6.07) is -0.0475. The maximum atomic E-state index is 11.2. The number of methoxy groups -OCH3 is 1. The largest absolute Gasteiger partial charge is 0.468 e. The number of hydrogen-bond acceptors (Lipinski definition) is 3. The van der Waals surface area contributed by atoms with E-state index in [9.17, 15) is 4.79 Å². The van der Waals surface area contributed by atoms with E-state index in [0.717, 1.165) is 25.9 Å². The van der Waals surface area contributed by atoms with E-state index < -0.39 is 0 Å². The van der Waals surface area contributed by atoms with Crippen molar-refractivity contribution in [3.63, 3.8) is 0 Å². The second-order valence-electron chi connectivity index (χ2n) is 2.91. The molecule has 0 aromatic heterocycles. The Hall–Kier alpha value is -0.280. The predicted octanol–water partition coefficient (Wildman–Crippen LogP) is 0.863. The fourth-order valence-electron chi connectivity index (χ4n) is 1.61. The number of likely N-dealkylation sites (tertiary alicyclic amines) is 1. The zero-order valence-electron chi connectivity index (χ0n) is 7.25. The van der Waals surface area contributed by atoms with E-state index in [-0.39, 0.29) is 12.0 Å². The molecule has 12 heavy (non-hydrogen) atoms. The molecular weight excluding hydrogens is 178 g/mol. The van der Waals surface area contributed by atoms with Gasteiger partial charge in [0.15, 0.2) is 0 Å². The number of alkyl halides is 1. The molecule has 0 amide bonds. The van der Waals surface area contributed by atoms with Crippen LogP contribution in [0.15, 0.2) is 0 Å². The summed E-state index contributed by atoms with van der Waals surface area (Å²) in [5.74, 6) is 0.450. The van der Waals surface area contributed by atoms with E-state index in [1.165, 1.54) is 7.11 Å². The van der Waals surface area contributed by atoms with Crippen LogP contribution in [0.3, 0.4) is 0 Å². The van der Waals surface area contributed by atoms with Crippen molar-refractivity contribution in [1.29, 1.82) is 0 Å². The fourth-order valence-corrected chi connectivity index (χ4v) is 1.82. The highest BCUT2D eigenvalue weighted by atomic mass is 35.5. The second-order valence-corrected chi connectivity index (χ2v) is 3.28. The van der Waals surface area contributed by atoms with Crippen molar-refractivity contribution in [1.82, 2.24) is 4.90 Å². The Morgan fingerprint density at radius 3 is 3.08 bits per heavy atom. The SMILES string of the molecule is COC(=O)[C@@H]1CCCN1CCCl. The van der Waals surface area contributed by atoms with E-state index in [1.54, 1.807) is 0 Å². The third-order valence-electron chi connectivity index (χ3n) is 2.21. The standard InChI is InChI=1S/C8H14ClNO2/c1-12-8(11)7-3-2-5-10(7)6-4-9/h7H,2-6H2,1H3/t7-/m0/s1. The number of esters is 1. The summed E-state index contributed by atoms with van der Waals surface area (Å²) in [5, 5.41) is 0. The Morgan fingerprint density at radius 1 is 1.75 bits per heavy atom. The predicted molar refractivity (Wildman–Crippen MR) is 47.3 cm³/mol. The van der Waals surface area contributed by atoms with Crippen molar-refractivity contribution in [2.45, 2.75) is 18.9 Å². The normalized spacial score (nSPS) is 24.3. The van der Waals surface area contributed by atoms with E-state index >= 15 is 0 Å². The van der Waals surface area contributed by atoms with Crippen LogP contribution in [0, 0.1) is 0 Å². The molecule has 1 heterocycles. The van der Waals surface area contributed by atoms with E-state index in [0.29, 0.717) is 5.88 Å². The summed E-state index contributed by atoms with van der Waals surface area (Å²) in [7, 11) is 1.43. The van der Waals surface area contributed by atoms with Crippen LogP contribution in [0.1, 0.15) is 12.8 Å². The Balaban J connectivity index is 2.45. The van der Waals surface area contributed by atoms with Crippen molar-refractivity contribution < 1.29 is 9.53 Å². The van der Waals surface area contributed by atoms with Crippen LogP contribution in [0.4, 0.5) is 0 Å². The summed E-state index contributed by atoms with van der Waals surface area (Å²) in [6.45, 7) is 1.74. The molecule has 1 fully saturated rings. The van der Waals surface area contributed by atoms with Crippen LogP contribution in [0.25, 0.3) is 0 Å². The number of carbonyl (C=O) groups is 1. The van der Waals surface area contributed by atoms with Gasteiger partial charge in [-0.25, -0.2) is 0 Å². The smallest absolute Gasteiger partial charge is 0.323 e. The van der Waals surface area contributed by atoms with Gasteiger partial charge in [-0.2, -0.15) is 0 Å². The van der Waals surface area contributed by atoms with Gasteiger partial charge in [0.2, 0.25) is 0 Å². The monoisotopic (exact) mass is 191 g/mol. The van der Waals surface area contributed by atoms with Crippen LogP contribution in [-0.4, -0.2) is 43.0 Å². The fraction of sp³-hybridized carbons (Fsp3) is 0.875. The van der Waals surface area contributed by atoms with Gasteiger partial charge in [0.1, 0.15) is 6.04 Å². The molecule has 70 valence electrons. The minimum atomic E-state index is -0.127. The highest BCUT2D eigenvalue weighted by Crippen LogP contribution is 2.17. The molecule has 1 atom stereocenters. The highest BCUT2D eigenvalue weighted by molar-refractivity contribution is 6.18. The third-order valence-corrected chi connectivity index (χ3v) is 2.38. The summed E-state index contributed by atoms with van der Waals surface area (Å²) in [6.07, 6.45) is 1.97. The van der Waals surface area contributed by atoms with Gasteiger partial charge in [0.25, 0.3) is 0 Å². The van der Waals surface area contributed by atoms with Gasteiger partial charge in [0.05, 0.1) is 7.11 Å². The number of nitrogens with zero attached hydrogens (tertiary/aromatic N) is 1. The van der Waals surface area contributed by atoms with E-state index in [2.05, 4.69) is 9.64 Å². The maximum absolute atomic E-state index is 11.2. The summed E-state index contributed by atoms with van der Waals surface area (Å²) in [4.78, 5) is 13.3. The van der Waals surface area contributed by atoms with Crippen molar-refractivity contribution in [3.05, 3.63) is 0 Å². The first-order valence-electron chi connectivity index (χ1n) is 4.17. The molecule has 0 radical (unpaired) electrons. The molecule has 1 aliphatic rings. The van der Waals surface area contributed by atoms with E-state index in [1.807, 2.05) is 0 Å². The Kier molecular flexibility index (Phi) is 3.82. The molecule has 1 rings (SSSR count). The Morgan fingerprint density at radius 2 is 2.50 bits per heavy atom. The number of rotatable bonds is 3. The first kappa shape index (κ1) is 9.81. The summed E-state index contributed by atoms with van der Waals surface area (Å²) >= 11 is 5.60. The quantitative estimate of drug-likeness (QED) is 0.490. The van der Waals surface area contributed by atoms with Gasteiger partial charge in [-0.05, 0) is 19.4 Å². The molecule has 0 saturated carbocycles. The van der Waals surface area contributed by atoms with E-state index in [4.69, 9.17) is 11.6 Å². The van der Waals surface area contributed by atoms with Crippen LogP contribution in [0.5, 0.6) is 0 Å². The van der Waals surface area contributed by atoms with Gasteiger partial charge in [-0.1, -0.05) is 0 Å². The third kappa shape index (κ3) is 2.11. The molecule has 0 spiro atoms. The average Bonchev–Trinajstić information content (AvgIpc) is 2.52. The highest BCUT2D eigenvalue weighted by Gasteiger charge is 2.30. The first-order valence-corrected chi connectivity index (χ1v) is 4.71. The van der Waals surface area contributed by atoms with Crippen LogP contribution in [0.2, 0.25) is 0 Å². The zero-order valence-corrected chi connectivity index (χ0v) is 8.01. The molecule has 1 aliphatic heterocycles. The topological polar surface area (TPSA) is 29.5 Å². The molecule has 0 aromatic carbocycles. The molecule has 0 aliphatic carbocycles. The first-order chi connectivity index (χ1) is 5.79. The number of carbonyl (C=O) groups excluding carboxylic acids is 1. The Labute approximate surface area is 77.6 Å². The molecule has 4 heteroatoms. The van der Waals surface area contributed by atoms with Crippen molar-refractivity contribution in [3.8, 4) is 0 Å². The molecular formula is C8H14ClNO2. The van der Waals surface area contributed by atoms with Crippen LogP contribution in [-0.2, 0) is 9.53 Å². The molecule has 0 N–H and O–H groups in total. The average molecular weight is 192 g/mol. The van der Waals surface area contributed by atoms with Crippen molar-refractivity contribution >= 4 is 17.6 Å². The van der Waals surface area contributed by atoms with Gasteiger partial charge in [0, 0.05) is 12.4 Å². The molecule has 0 bridgehead atoms.